The highest BCUT2D eigenvalue weighted by molar-refractivity contribution is 5.92. The van der Waals surface area contributed by atoms with E-state index in [-0.39, 0.29) is 17.6 Å². The van der Waals surface area contributed by atoms with Crippen molar-refractivity contribution in [3.8, 4) is 0 Å². The predicted octanol–water partition coefficient (Wildman–Crippen LogP) is 2.83. The maximum Gasteiger partial charge on any atom is 0.333 e. The molecule has 0 spiro atoms. The number of amides is 1. The number of alkyl halides is 2. The van der Waals surface area contributed by atoms with E-state index >= 15 is 0 Å². The molecule has 2 fully saturated rings. The third kappa shape index (κ3) is 2.43. The Morgan fingerprint density at radius 2 is 2.25 bits per heavy atom. The van der Waals surface area contributed by atoms with Crippen LogP contribution >= 0.6 is 0 Å². The summed E-state index contributed by atoms with van der Waals surface area (Å²) in [5, 5.41) is 6.51. The number of halogens is 2. The average molecular weight is 283 g/mol. The molecule has 1 heterocycles. The van der Waals surface area contributed by atoms with Crippen molar-refractivity contribution in [2.24, 2.45) is 17.8 Å². The Balaban J connectivity index is 1.60. The number of rotatable bonds is 4. The van der Waals surface area contributed by atoms with Crippen LogP contribution in [0.25, 0.3) is 0 Å². The summed E-state index contributed by atoms with van der Waals surface area (Å²) in [4.78, 5) is 12.0. The molecule has 20 heavy (non-hydrogen) atoms. The molecule has 6 heteroatoms. The molecule has 4 atom stereocenters. The molecule has 3 rings (SSSR count). The van der Waals surface area contributed by atoms with Crippen LogP contribution in [0.4, 0.5) is 8.78 Å². The molecule has 2 saturated carbocycles. The van der Waals surface area contributed by atoms with E-state index < -0.39 is 6.55 Å². The summed E-state index contributed by atoms with van der Waals surface area (Å²) in [7, 11) is 0. The fraction of sp³-hybridized carbons (Fsp3) is 0.714. The molecule has 4 nitrogen and oxygen atoms in total. The Labute approximate surface area is 116 Å². The smallest absolute Gasteiger partial charge is 0.333 e. The monoisotopic (exact) mass is 283 g/mol. The number of nitrogens with one attached hydrogen (secondary N) is 1. The zero-order chi connectivity index (χ0) is 14.3. The van der Waals surface area contributed by atoms with E-state index in [1.165, 1.54) is 31.7 Å². The lowest BCUT2D eigenvalue weighted by molar-refractivity contribution is 0.0559. The van der Waals surface area contributed by atoms with Crippen LogP contribution in [-0.2, 0) is 0 Å². The maximum absolute atomic E-state index is 12.4. The molecule has 0 aromatic carbocycles. The van der Waals surface area contributed by atoms with Gasteiger partial charge >= 0.3 is 6.55 Å². The molecule has 1 N–H and O–H groups in total. The van der Waals surface area contributed by atoms with E-state index in [1.807, 2.05) is 6.92 Å². The minimum Gasteiger partial charge on any atom is -0.348 e. The molecular formula is C14H19F2N3O. The number of hydrogen-bond donors (Lipinski definition) is 1. The lowest BCUT2D eigenvalue weighted by Gasteiger charge is -2.28. The number of fused-ring (bicyclic) bond motifs is 2. The standard InChI is InChI=1S/C14H19F2N3O/c1-8(11-7-9-2-3-10(11)6-9)17-13(20)12-4-5-19(18-12)14(15)16/h4-5,8-11,14H,2-3,6-7H2,1H3,(H,17,20). The number of carbonyl (C=O) groups excluding carboxylic acids is 1. The van der Waals surface area contributed by atoms with Gasteiger partial charge in [0.1, 0.15) is 5.69 Å². The van der Waals surface area contributed by atoms with Gasteiger partial charge in [0.05, 0.1) is 0 Å². The second kappa shape index (κ2) is 5.14. The van der Waals surface area contributed by atoms with Gasteiger partial charge < -0.3 is 5.32 Å². The Bertz CT molecular complexity index is 502. The molecule has 0 saturated heterocycles. The Kier molecular flexibility index (Phi) is 3.48. The number of hydrogen-bond acceptors (Lipinski definition) is 2. The first kappa shape index (κ1) is 13.5. The van der Waals surface area contributed by atoms with Gasteiger partial charge in [-0.25, -0.2) is 4.68 Å². The topological polar surface area (TPSA) is 46.9 Å². The van der Waals surface area contributed by atoms with Gasteiger partial charge in [-0.3, -0.25) is 4.79 Å². The van der Waals surface area contributed by atoms with Gasteiger partial charge in [-0.1, -0.05) is 6.42 Å². The molecule has 1 aromatic rings. The van der Waals surface area contributed by atoms with Crippen LogP contribution in [-0.4, -0.2) is 21.7 Å². The van der Waals surface area contributed by atoms with Crippen LogP contribution < -0.4 is 5.32 Å². The van der Waals surface area contributed by atoms with Crippen LogP contribution in [0.1, 0.15) is 49.6 Å². The number of nitrogens with zero attached hydrogens (tertiary/aromatic N) is 2. The van der Waals surface area contributed by atoms with Gasteiger partial charge in [0.25, 0.3) is 5.91 Å². The van der Waals surface area contributed by atoms with Gasteiger partial charge in [0, 0.05) is 12.2 Å². The van der Waals surface area contributed by atoms with Gasteiger partial charge in [0.2, 0.25) is 0 Å². The largest absolute Gasteiger partial charge is 0.348 e. The van der Waals surface area contributed by atoms with Crippen molar-refractivity contribution >= 4 is 5.91 Å². The van der Waals surface area contributed by atoms with Crippen molar-refractivity contribution in [2.45, 2.75) is 45.2 Å². The van der Waals surface area contributed by atoms with Crippen molar-refractivity contribution in [1.82, 2.24) is 15.1 Å². The van der Waals surface area contributed by atoms with Crippen molar-refractivity contribution in [2.75, 3.05) is 0 Å². The molecule has 0 radical (unpaired) electrons. The lowest BCUT2D eigenvalue weighted by atomic mass is 9.84. The first-order valence-electron chi connectivity index (χ1n) is 7.18. The fourth-order valence-electron chi connectivity index (χ4n) is 3.86. The zero-order valence-electron chi connectivity index (χ0n) is 11.4. The molecule has 1 amide bonds. The number of aromatic nitrogens is 2. The highest BCUT2D eigenvalue weighted by atomic mass is 19.3. The summed E-state index contributed by atoms with van der Waals surface area (Å²) in [5.41, 5.74) is 0.0558. The van der Waals surface area contributed by atoms with Crippen LogP contribution in [0.15, 0.2) is 12.3 Å². The van der Waals surface area contributed by atoms with Crippen molar-refractivity contribution in [1.29, 1.82) is 0 Å². The summed E-state index contributed by atoms with van der Waals surface area (Å²) < 4.78 is 25.3. The summed E-state index contributed by atoms with van der Waals surface area (Å²) in [6, 6.07) is 1.41. The summed E-state index contributed by atoms with van der Waals surface area (Å²) in [6.45, 7) is -0.701. The fourth-order valence-corrected chi connectivity index (χ4v) is 3.86. The molecular weight excluding hydrogens is 264 g/mol. The minimum atomic E-state index is -2.71. The van der Waals surface area contributed by atoms with E-state index in [0.717, 1.165) is 12.1 Å². The Hall–Kier alpha value is -1.46. The SMILES string of the molecule is CC(NC(=O)c1ccn(C(F)F)n1)C1CC2CCC1C2. The number of carbonyl (C=O) groups is 1. The molecule has 2 aliphatic carbocycles. The van der Waals surface area contributed by atoms with Gasteiger partial charge in [-0.05, 0) is 50.0 Å². The summed E-state index contributed by atoms with van der Waals surface area (Å²) >= 11 is 0. The first-order chi connectivity index (χ1) is 9.54. The van der Waals surface area contributed by atoms with Crippen LogP contribution in [0.2, 0.25) is 0 Å². The lowest BCUT2D eigenvalue weighted by Crippen LogP contribution is -2.40. The quantitative estimate of drug-likeness (QED) is 0.923. The first-order valence-corrected chi connectivity index (χ1v) is 7.18. The molecule has 1 aromatic heterocycles. The average Bonchev–Trinajstić information content (AvgIpc) is 3.14. The van der Waals surface area contributed by atoms with Gasteiger partial charge in [0.15, 0.2) is 0 Å². The van der Waals surface area contributed by atoms with Crippen LogP contribution in [0, 0.1) is 17.8 Å². The third-order valence-corrected chi connectivity index (χ3v) is 4.83. The molecule has 110 valence electrons. The van der Waals surface area contributed by atoms with Gasteiger partial charge in [-0.2, -0.15) is 13.9 Å². The molecule has 2 bridgehead atoms. The Morgan fingerprint density at radius 1 is 1.45 bits per heavy atom. The predicted molar refractivity (Wildman–Crippen MR) is 69.3 cm³/mol. The molecule has 0 aliphatic heterocycles. The van der Waals surface area contributed by atoms with Crippen molar-refractivity contribution < 1.29 is 13.6 Å². The normalized spacial score (nSPS) is 29.9. The van der Waals surface area contributed by atoms with E-state index in [1.54, 1.807) is 0 Å². The molecule has 4 unspecified atom stereocenters. The second-order valence-corrected chi connectivity index (χ2v) is 6.06. The highest BCUT2D eigenvalue weighted by Crippen LogP contribution is 2.49. The van der Waals surface area contributed by atoms with E-state index in [0.29, 0.717) is 16.5 Å². The summed E-state index contributed by atoms with van der Waals surface area (Å²) in [5.74, 6) is 1.70. The van der Waals surface area contributed by atoms with E-state index in [9.17, 15) is 13.6 Å². The van der Waals surface area contributed by atoms with Crippen LogP contribution in [0.5, 0.6) is 0 Å². The highest BCUT2D eigenvalue weighted by Gasteiger charge is 2.42. The second-order valence-electron chi connectivity index (χ2n) is 6.06. The van der Waals surface area contributed by atoms with Crippen molar-refractivity contribution in [3.63, 3.8) is 0 Å². The third-order valence-electron chi connectivity index (χ3n) is 4.83. The zero-order valence-corrected chi connectivity index (χ0v) is 11.4. The summed E-state index contributed by atoms with van der Waals surface area (Å²) in [6.07, 6.45) is 6.17. The van der Waals surface area contributed by atoms with E-state index in [4.69, 9.17) is 0 Å². The van der Waals surface area contributed by atoms with E-state index in [2.05, 4.69) is 10.4 Å². The van der Waals surface area contributed by atoms with Gasteiger partial charge in [-0.15, -0.1) is 0 Å². The van der Waals surface area contributed by atoms with Crippen molar-refractivity contribution in [3.05, 3.63) is 18.0 Å². The molecule has 2 aliphatic rings. The Morgan fingerprint density at radius 3 is 2.80 bits per heavy atom. The van der Waals surface area contributed by atoms with Crippen LogP contribution in [0.3, 0.4) is 0 Å². The maximum atomic E-state index is 12.4. The minimum absolute atomic E-state index is 0.0558.